The molecular weight excluding hydrogens is 422 g/mol. The fourth-order valence-electron chi connectivity index (χ4n) is 2.70. The molecule has 0 atom stereocenters. The molecule has 0 saturated heterocycles. The number of oxazole rings is 1. The minimum absolute atomic E-state index is 0.0102. The summed E-state index contributed by atoms with van der Waals surface area (Å²) in [4.78, 5) is 41.1. The fraction of sp³-hybridized carbons (Fsp3) is 0.150. The molecule has 2 N–H and O–H groups in total. The Morgan fingerprint density at radius 1 is 1.13 bits per heavy atom. The number of aromatic nitrogens is 3. The van der Waals surface area contributed by atoms with Crippen LogP contribution in [0.25, 0.3) is 11.5 Å². The fourth-order valence-corrected chi connectivity index (χ4v) is 3.40. The van der Waals surface area contributed by atoms with Crippen LogP contribution in [-0.2, 0) is 17.8 Å². The van der Waals surface area contributed by atoms with Gasteiger partial charge in [0.2, 0.25) is 5.91 Å². The molecule has 4 aromatic heterocycles. The molecule has 0 unspecified atom stereocenters. The van der Waals surface area contributed by atoms with Crippen LogP contribution in [0.1, 0.15) is 15.4 Å². The maximum absolute atomic E-state index is 12.3. The van der Waals surface area contributed by atoms with Gasteiger partial charge in [-0.05, 0) is 29.6 Å². The zero-order valence-electron chi connectivity index (χ0n) is 16.1. The molecule has 4 rings (SSSR count). The van der Waals surface area contributed by atoms with Crippen molar-refractivity contribution in [1.29, 1.82) is 0 Å². The van der Waals surface area contributed by atoms with Crippen molar-refractivity contribution >= 4 is 29.2 Å². The SMILES string of the molecule is O=C(Cc1cccs1)Nc1nc(C(=O)NCCn2nc(-c3ccco3)ccc2=O)co1. The lowest BCUT2D eigenvalue weighted by Gasteiger charge is -2.06. The molecule has 0 aromatic carbocycles. The highest BCUT2D eigenvalue weighted by Gasteiger charge is 2.14. The second-order valence-corrected chi connectivity index (χ2v) is 7.39. The Labute approximate surface area is 179 Å². The van der Waals surface area contributed by atoms with Crippen LogP contribution in [0.4, 0.5) is 6.01 Å². The molecule has 4 heterocycles. The van der Waals surface area contributed by atoms with E-state index in [1.165, 1.54) is 28.3 Å². The van der Waals surface area contributed by atoms with Gasteiger partial charge in [-0.2, -0.15) is 10.1 Å². The number of thiophene rings is 1. The predicted molar refractivity (Wildman–Crippen MR) is 112 cm³/mol. The molecule has 2 amide bonds. The summed E-state index contributed by atoms with van der Waals surface area (Å²) in [6.45, 7) is 0.293. The van der Waals surface area contributed by atoms with Crippen LogP contribution in [-0.4, -0.2) is 33.1 Å². The molecule has 31 heavy (non-hydrogen) atoms. The lowest BCUT2D eigenvalue weighted by molar-refractivity contribution is -0.115. The summed E-state index contributed by atoms with van der Waals surface area (Å²) < 4.78 is 11.6. The summed E-state index contributed by atoms with van der Waals surface area (Å²) in [5, 5.41) is 11.3. The average molecular weight is 439 g/mol. The molecule has 0 radical (unpaired) electrons. The first kappa shape index (κ1) is 20.3. The molecule has 0 spiro atoms. The Hall–Kier alpha value is -3.99. The third-order valence-corrected chi connectivity index (χ3v) is 5.02. The van der Waals surface area contributed by atoms with Crippen LogP contribution in [0.3, 0.4) is 0 Å². The number of carbonyl (C=O) groups excluding carboxylic acids is 2. The van der Waals surface area contributed by atoms with Crippen molar-refractivity contribution in [3.8, 4) is 11.5 Å². The number of furan rings is 1. The molecule has 158 valence electrons. The molecule has 0 saturated carbocycles. The summed E-state index contributed by atoms with van der Waals surface area (Å²) in [6.07, 6.45) is 2.86. The molecule has 11 heteroatoms. The second-order valence-electron chi connectivity index (χ2n) is 6.36. The largest absolute Gasteiger partial charge is 0.463 e. The van der Waals surface area contributed by atoms with Crippen molar-refractivity contribution in [2.75, 3.05) is 11.9 Å². The smallest absolute Gasteiger partial charge is 0.302 e. The van der Waals surface area contributed by atoms with Gasteiger partial charge in [0, 0.05) is 17.5 Å². The molecule has 10 nitrogen and oxygen atoms in total. The number of amides is 2. The van der Waals surface area contributed by atoms with Crippen molar-refractivity contribution in [3.63, 3.8) is 0 Å². The van der Waals surface area contributed by atoms with Crippen molar-refractivity contribution in [2.45, 2.75) is 13.0 Å². The minimum atomic E-state index is -0.502. The quantitative estimate of drug-likeness (QED) is 0.430. The zero-order chi connectivity index (χ0) is 21.6. The molecule has 0 aliphatic rings. The summed E-state index contributed by atoms with van der Waals surface area (Å²) in [6, 6.07) is 10.1. The molecule has 0 fully saturated rings. The van der Waals surface area contributed by atoms with E-state index in [4.69, 9.17) is 8.83 Å². The number of rotatable bonds is 8. The first-order valence-corrected chi connectivity index (χ1v) is 10.1. The second kappa shape index (κ2) is 9.22. The third kappa shape index (κ3) is 5.14. The lowest BCUT2D eigenvalue weighted by atomic mass is 10.3. The van der Waals surface area contributed by atoms with E-state index in [-0.39, 0.29) is 42.7 Å². The van der Waals surface area contributed by atoms with Crippen LogP contribution in [0.15, 0.2) is 67.9 Å². The van der Waals surface area contributed by atoms with Crippen LogP contribution in [0.2, 0.25) is 0 Å². The van der Waals surface area contributed by atoms with Crippen LogP contribution >= 0.6 is 11.3 Å². The van der Waals surface area contributed by atoms with E-state index in [2.05, 4.69) is 20.7 Å². The van der Waals surface area contributed by atoms with Crippen molar-refractivity contribution in [3.05, 3.63) is 75.2 Å². The van der Waals surface area contributed by atoms with Crippen LogP contribution < -0.4 is 16.2 Å². The van der Waals surface area contributed by atoms with Crippen LogP contribution in [0, 0.1) is 0 Å². The van der Waals surface area contributed by atoms with E-state index in [0.29, 0.717) is 11.5 Å². The summed E-state index contributed by atoms with van der Waals surface area (Å²) in [7, 11) is 0. The molecular formula is C20H17N5O5S. The van der Waals surface area contributed by atoms with E-state index < -0.39 is 5.91 Å². The highest BCUT2D eigenvalue weighted by molar-refractivity contribution is 7.10. The van der Waals surface area contributed by atoms with Gasteiger partial charge in [-0.3, -0.25) is 19.7 Å². The maximum atomic E-state index is 12.3. The van der Waals surface area contributed by atoms with Gasteiger partial charge in [0.15, 0.2) is 11.5 Å². The van der Waals surface area contributed by atoms with Gasteiger partial charge in [0.25, 0.3) is 11.5 Å². The van der Waals surface area contributed by atoms with Gasteiger partial charge >= 0.3 is 6.01 Å². The molecule has 0 aliphatic heterocycles. The van der Waals surface area contributed by atoms with E-state index in [0.717, 1.165) is 11.1 Å². The summed E-state index contributed by atoms with van der Waals surface area (Å²) in [5.41, 5.74) is 0.216. The standard InChI is InChI=1S/C20H17N5O5S/c26-17(11-13-3-2-10-31-13)23-20-22-15(12-30-20)19(28)21-7-8-25-18(27)6-5-14(24-25)16-4-1-9-29-16/h1-6,9-10,12H,7-8,11H2,(H,21,28)(H,22,23,26). The summed E-state index contributed by atoms with van der Waals surface area (Å²) in [5.74, 6) is -0.259. The number of anilines is 1. The number of hydrogen-bond donors (Lipinski definition) is 2. The first-order valence-electron chi connectivity index (χ1n) is 9.26. The lowest BCUT2D eigenvalue weighted by Crippen LogP contribution is -2.32. The summed E-state index contributed by atoms with van der Waals surface area (Å²) >= 11 is 1.47. The molecule has 4 aromatic rings. The zero-order valence-corrected chi connectivity index (χ0v) is 16.9. The monoisotopic (exact) mass is 439 g/mol. The van der Waals surface area contributed by atoms with E-state index in [1.807, 2.05) is 17.5 Å². The average Bonchev–Trinajstić information content (AvgIpc) is 3.52. The molecule has 0 bridgehead atoms. The van der Waals surface area contributed by atoms with Gasteiger partial charge < -0.3 is 14.2 Å². The van der Waals surface area contributed by atoms with E-state index in [1.54, 1.807) is 18.2 Å². The van der Waals surface area contributed by atoms with Gasteiger partial charge in [-0.25, -0.2) is 4.68 Å². The number of carbonyl (C=O) groups is 2. The Kier molecular flexibility index (Phi) is 6.03. The maximum Gasteiger partial charge on any atom is 0.302 e. The van der Waals surface area contributed by atoms with Crippen molar-refractivity contribution in [1.82, 2.24) is 20.1 Å². The highest BCUT2D eigenvalue weighted by atomic mass is 32.1. The van der Waals surface area contributed by atoms with Gasteiger partial charge in [-0.1, -0.05) is 6.07 Å². The molecule has 0 aliphatic carbocycles. The minimum Gasteiger partial charge on any atom is -0.463 e. The Bertz CT molecular complexity index is 1230. The predicted octanol–water partition coefficient (Wildman–Crippen LogP) is 2.16. The number of hydrogen-bond acceptors (Lipinski definition) is 8. The Morgan fingerprint density at radius 3 is 2.81 bits per heavy atom. The van der Waals surface area contributed by atoms with E-state index in [9.17, 15) is 14.4 Å². The van der Waals surface area contributed by atoms with Gasteiger partial charge in [-0.15, -0.1) is 11.3 Å². The van der Waals surface area contributed by atoms with Gasteiger partial charge in [0.1, 0.15) is 12.0 Å². The van der Waals surface area contributed by atoms with E-state index >= 15 is 0 Å². The third-order valence-electron chi connectivity index (χ3n) is 4.15. The first-order chi connectivity index (χ1) is 15.1. The highest BCUT2D eigenvalue weighted by Crippen LogP contribution is 2.15. The van der Waals surface area contributed by atoms with Gasteiger partial charge in [0.05, 0.1) is 19.2 Å². The number of nitrogens with zero attached hydrogens (tertiary/aromatic N) is 3. The Balaban J connectivity index is 1.30. The normalized spacial score (nSPS) is 10.7. The van der Waals surface area contributed by atoms with Crippen LogP contribution in [0.5, 0.6) is 0 Å². The number of nitrogens with one attached hydrogen (secondary N) is 2. The topological polar surface area (TPSA) is 132 Å². The Morgan fingerprint density at radius 2 is 2.03 bits per heavy atom. The van der Waals surface area contributed by atoms with Crippen molar-refractivity contribution < 1.29 is 18.4 Å². The van der Waals surface area contributed by atoms with Crippen molar-refractivity contribution in [2.24, 2.45) is 0 Å².